The van der Waals surface area contributed by atoms with Gasteiger partial charge in [0.05, 0.1) is 24.7 Å². The number of rotatable bonds is 5. The monoisotopic (exact) mass is 335 g/mol. The molecule has 0 radical (unpaired) electrons. The molecule has 0 atom stereocenters. The highest BCUT2D eigenvalue weighted by molar-refractivity contribution is 9.10. The maximum absolute atomic E-state index is 12.2. The van der Waals surface area contributed by atoms with Gasteiger partial charge in [-0.25, -0.2) is 14.3 Å². The minimum Gasteiger partial charge on any atom is -0.379 e. The van der Waals surface area contributed by atoms with E-state index in [4.69, 9.17) is 10.6 Å². The Morgan fingerprint density at radius 3 is 2.67 bits per heavy atom. The smallest absolute Gasteiger partial charge is 0.186 e. The van der Waals surface area contributed by atoms with E-state index in [1.54, 1.807) is 18.2 Å². The summed E-state index contributed by atoms with van der Waals surface area (Å²) in [6.45, 7) is 0.948. The molecule has 7 heteroatoms. The lowest BCUT2D eigenvalue weighted by Crippen LogP contribution is -2.40. The Balaban J connectivity index is 2.24. The number of hydrogen-bond acceptors (Lipinski definition) is 5. The van der Waals surface area contributed by atoms with E-state index in [0.29, 0.717) is 22.4 Å². The van der Waals surface area contributed by atoms with Crippen molar-refractivity contribution < 1.29 is 18.0 Å². The van der Waals surface area contributed by atoms with Gasteiger partial charge in [0, 0.05) is 4.47 Å². The largest absolute Gasteiger partial charge is 0.379 e. The van der Waals surface area contributed by atoms with Crippen molar-refractivity contribution in [2.45, 2.75) is 16.6 Å². The lowest BCUT2D eigenvalue weighted by molar-refractivity contribution is 0.0416. The number of ether oxygens (including phenoxy) is 1. The number of hydrogen-bond donors (Lipinski definition) is 1. The van der Waals surface area contributed by atoms with Crippen LogP contribution in [0.2, 0.25) is 0 Å². The van der Waals surface area contributed by atoms with Crippen LogP contribution in [-0.4, -0.2) is 33.5 Å². The average Bonchev–Trinajstić information content (AvgIpc) is 2.22. The van der Waals surface area contributed by atoms with Crippen molar-refractivity contribution in [2.24, 2.45) is 5.90 Å². The molecule has 1 aromatic carbocycles. The summed E-state index contributed by atoms with van der Waals surface area (Å²) in [5, 5.41) is -0.424. The van der Waals surface area contributed by atoms with Crippen LogP contribution >= 0.6 is 15.9 Å². The predicted octanol–water partition coefficient (Wildman–Crippen LogP) is 1.05. The van der Waals surface area contributed by atoms with Gasteiger partial charge in [0.1, 0.15) is 5.25 Å². The molecule has 1 heterocycles. The van der Waals surface area contributed by atoms with Crippen LogP contribution in [0.3, 0.4) is 0 Å². The third kappa shape index (κ3) is 2.75. The molecule has 0 saturated carbocycles. The SMILES string of the molecule is NOCCc1ccc(S(=O)(=O)C2COC2)c(Br)c1. The first-order chi connectivity index (χ1) is 8.55. The molecule has 2 rings (SSSR count). The van der Waals surface area contributed by atoms with Crippen molar-refractivity contribution in [3.63, 3.8) is 0 Å². The average molecular weight is 336 g/mol. The molecule has 5 nitrogen and oxygen atoms in total. The zero-order chi connectivity index (χ0) is 13.2. The lowest BCUT2D eigenvalue weighted by Gasteiger charge is -2.26. The Bertz CT molecular complexity index is 528. The second kappa shape index (κ2) is 5.66. The summed E-state index contributed by atoms with van der Waals surface area (Å²) < 4.78 is 29.9. The van der Waals surface area contributed by atoms with Gasteiger partial charge in [0.15, 0.2) is 9.84 Å². The van der Waals surface area contributed by atoms with Crippen molar-refractivity contribution in [2.75, 3.05) is 19.8 Å². The summed E-state index contributed by atoms with van der Waals surface area (Å²) in [5.74, 6) is 4.96. The van der Waals surface area contributed by atoms with E-state index in [9.17, 15) is 8.42 Å². The van der Waals surface area contributed by atoms with Crippen LogP contribution in [-0.2, 0) is 25.8 Å². The molecule has 1 fully saturated rings. The minimum absolute atomic E-state index is 0.275. The highest BCUT2D eigenvalue weighted by atomic mass is 79.9. The molecular weight excluding hydrogens is 322 g/mol. The molecule has 0 aliphatic carbocycles. The van der Waals surface area contributed by atoms with Gasteiger partial charge < -0.3 is 9.57 Å². The van der Waals surface area contributed by atoms with E-state index in [-0.39, 0.29) is 13.2 Å². The lowest BCUT2D eigenvalue weighted by atomic mass is 10.2. The van der Waals surface area contributed by atoms with E-state index in [2.05, 4.69) is 20.8 Å². The third-order valence-electron chi connectivity index (χ3n) is 2.86. The van der Waals surface area contributed by atoms with Gasteiger partial charge in [-0.2, -0.15) is 0 Å². The molecule has 2 N–H and O–H groups in total. The Hall–Kier alpha value is -0.470. The number of halogens is 1. The van der Waals surface area contributed by atoms with Crippen LogP contribution in [0.15, 0.2) is 27.6 Å². The summed E-state index contributed by atoms with van der Waals surface area (Å²) in [5.41, 5.74) is 0.969. The van der Waals surface area contributed by atoms with Gasteiger partial charge in [0.25, 0.3) is 0 Å². The van der Waals surface area contributed by atoms with E-state index < -0.39 is 15.1 Å². The summed E-state index contributed by atoms with van der Waals surface area (Å²) in [6, 6.07) is 5.17. The summed E-state index contributed by atoms with van der Waals surface area (Å²) in [7, 11) is -3.30. The van der Waals surface area contributed by atoms with Crippen LogP contribution in [0.4, 0.5) is 0 Å². The third-order valence-corrected chi connectivity index (χ3v) is 5.90. The number of sulfone groups is 1. The van der Waals surface area contributed by atoms with Crippen LogP contribution < -0.4 is 5.90 Å². The first-order valence-electron chi connectivity index (χ1n) is 5.47. The molecule has 1 aliphatic heterocycles. The van der Waals surface area contributed by atoms with Crippen LogP contribution in [0, 0.1) is 0 Å². The van der Waals surface area contributed by atoms with Crippen molar-refractivity contribution in [3.8, 4) is 0 Å². The summed E-state index contributed by atoms with van der Waals surface area (Å²) in [6.07, 6.45) is 0.641. The second-order valence-electron chi connectivity index (χ2n) is 4.09. The zero-order valence-corrected chi connectivity index (χ0v) is 12.0. The van der Waals surface area contributed by atoms with Gasteiger partial charge in [-0.3, -0.25) is 0 Å². The van der Waals surface area contributed by atoms with Gasteiger partial charge in [-0.15, -0.1) is 0 Å². The highest BCUT2D eigenvalue weighted by Gasteiger charge is 2.35. The summed E-state index contributed by atoms with van der Waals surface area (Å²) >= 11 is 3.30. The van der Waals surface area contributed by atoms with E-state index >= 15 is 0 Å². The van der Waals surface area contributed by atoms with Crippen molar-refractivity contribution >= 4 is 25.8 Å². The normalized spacial score (nSPS) is 16.6. The molecule has 0 spiro atoms. The van der Waals surface area contributed by atoms with Crippen LogP contribution in [0.5, 0.6) is 0 Å². The van der Waals surface area contributed by atoms with E-state index in [0.717, 1.165) is 5.56 Å². The number of benzene rings is 1. The Kier molecular flexibility index (Phi) is 4.39. The molecule has 1 aliphatic rings. The predicted molar refractivity (Wildman–Crippen MR) is 69.8 cm³/mol. The van der Waals surface area contributed by atoms with Crippen molar-refractivity contribution in [3.05, 3.63) is 28.2 Å². The van der Waals surface area contributed by atoms with Gasteiger partial charge >= 0.3 is 0 Å². The molecule has 0 amide bonds. The van der Waals surface area contributed by atoms with Gasteiger partial charge in [0.2, 0.25) is 0 Å². The molecule has 0 aromatic heterocycles. The fourth-order valence-electron chi connectivity index (χ4n) is 1.68. The molecular formula is C11H14BrNO4S. The Morgan fingerprint density at radius 1 is 1.44 bits per heavy atom. The Morgan fingerprint density at radius 2 is 2.17 bits per heavy atom. The number of nitrogens with two attached hydrogens (primary N) is 1. The first kappa shape index (κ1) is 14.0. The molecule has 100 valence electrons. The minimum atomic E-state index is -3.30. The van der Waals surface area contributed by atoms with Crippen LogP contribution in [0.25, 0.3) is 0 Å². The van der Waals surface area contributed by atoms with E-state index in [1.807, 2.05) is 0 Å². The second-order valence-corrected chi connectivity index (χ2v) is 7.14. The standard InChI is InChI=1S/C11H14BrNO4S/c12-10-5-8(3-4-17-13)1-2-11(10)18(14,15)9-6-16-7-9/h1-2,5,9H,3-4,6-7,13H2. The van der Waals surface area contributed by atoms with E-state index in [1.165, 1.54) is 0 Å². The first-order valence-corrected chi connectivity index (χ1v) is 7.81. The van der Waals surface area contributed by atoms with Crippen molar-refractivity contribution in [1.29, 1.82) is 0 Å². The molecule has 0 bridgehead atoms. The van der Waals surface area contributed by atoms with Gasteiger partial charge in [-0.05, 0) is 40.0 Å². The maximum Gasteiger partial charge on any atom is 0.186 e. The fourth-order valence-corrected chi connectivity index (χ4v) is 4.28. The van der Waals surface area contributed by atoms with Crippen molar-refractivity contribution in [1.82, 2.24) is 0 Å². The topological polar surface area (TPSA) is 78.6 Å². The zero-order valence-electron chi connectivity index (χ0n) is 9.63. The molecule has 0 unspecified atom stereocenters. The fraction of sp³-hybridized carbons (Fsp3) is 0.455. The van der Waals surface area contributed by atoms with Gasteiger partial charge in [-0.1, -0.05) is 6.07 Å². The summed E-state index contributed by atoms with van der Waals surface area (Å²) in [4.78, 5) is 4.81. The Labute approximate surface area is 114 Å². The molecule has 1 aromatic rings. The quantitative estimate of drug-likeness (QED) is 0.814. The molecule has 18 heavy (non-hydrogen) atoms. The maximum atomic E-state index is 12.2. The molecule has 1 saturated heterocycles. The van der Waals surface area contributed by atoms with Crippen LogP contribution in [0.1, 0.15) is 5.56 Å². The highest BCUT2D eigenvalue weighted by Crippen LogP contribution is 2.29.